The molecule has 1 aliphatic rings. The zero-order valence-electron chi connectivity index (χ0n) is 10.7. The summed E-state index contributed by atoms with van der Waals surface area (Å²) in [6.07, 6.45) is 5.02. The summed E-state index contributed by atoms with van der Waals surface area (Å²) in [5.74, 6) is 0.690. The Morgan fingerprint density at radius 2 is 2.21 bits per heavy atom. The molecule has 2 aromatic heterocycles. The van der Waals surface area contributed by atoms with Crippen molar-refractivity contribution in [2.24, 2.45) is 0 Å². The van der Waals surface area contributed by atoms with Crippen molar-refractivity contribution in [2.75, 3.05) is 20.2 Å². The van der Waals surface area contributed by atoms with E-state index in [1.54, 1.807) is 13.3 Å². The number of aromatic nitrogens is 2. The quantitative estimate of drug-likeness (QED) is 0.882. The van der Waals surface area contributed by atoms with Gasteiger partial charge < -0.3 is 15.2 Å². The van der Waals surface area contributed by atoms with Crippen molar-refractivity contribution in [1.29, 1.82) is 0 Å². The molecule has 1 aliphatic heterocycles. The number of halogens is 1. The molecule has 0 bridgehead atoms. The molecule has 1 saturated heterocycles. The standard InChI is InChI=1S/C13H16BrN3O2/c1-19-10-6-12-16-7-11(14)17(12)8-9(10)13(18)2-4-15-5-3-13/h6-8,15,18H,2-5H2,1H3. The number of hydrogen-bond acceptors (Lipinski definition) is 4. The molecule has 0 amide bonds. The molecule has 6 heteroatoms. The largest absolute Gasteiger partial charge is 0.496 e. The van der Waals surface area contributed by atoms with E-state index in [-0.39, 0.29) is 0 Å². The second-order valence-corrected chi connectivity index (χ2v) is 5.66. The topological polar surface area (TPSA) is 58.8 Å². The first kappa shape index (κ1) is 12.9. The summed E-state index contributed by atoms with van der Waals surface area (Å²) in [6, 6.07) is 1.86. The van der Waals surface area contributed by atoms with Crippen LogP contribution in [0.2, 0.25) is 0 Å². The summed E-state index contributed by atoms with van der Waals surface area (Å²) in [5, 5.41) is 14.1. The van der Waals surface area contributed by atoms with Crippen LogP contribution in [0.1, 0.15) is 18.4 Å². The molecule has 0 aromatic carbocycles. The second-order valence-electron chi connectivity index (χ2n) is 4.85. The molecule has 3 rings (SSSR count). The van der Waals surface area contributed by atoms with Crippen molar-refractivity contribution in [3.05, 3.63) is 28.6 Å². The summed E-state index contributed by atoms with van der Waals surface area (Å²) in [7, 11) is 1.62. The van der Waals surface area contributed by atoms with Gasteiger partial charge in [-0.25, -0.2) is 4.98 Å². The molecular formula is C13H16BrN3O2. The van der Waals surface area contributed by atoms with Crippen LogP contribution < -0.4 is 10.1 Å². The number of nitrogens with zero attached hydrogens (tertiary/aromatic N) is 2. The third kappa shape index (κ3) is 2.13. The van der Waals surface area contributed by atoms with Crippen molar-refractivity contribution in [2.45, 2.75) is 18.4 Å². The van der Waals surface area contributed by atoms with Gasteiger partial charge in [-0.05, 0) is 41.9 Å². The van der Waals surface area contributed by atoms with Gasteiger partial charge in [0.25, 0.3) is 0 Å². The molecule has 0 atom stereocenters. The first-order valence-corrected chi connectivity index (χ1v) is 7.07. The van der Waals surface area contributed by atoms with Gasteiger partial charge in [0.15, 0.2) is 0 Å². The predicted molar refractivity (Wildman–Crippen MR) is 75.4 cm³/mol. The van der Waals surface area contributed by atoms with E-state index >= 15 is 0 Å². The third-order valence-electron chi connectivity index (χ3n) is 3.72. The van der Waals surface area contributed by atoms with Crippen LogP contribution in [-0.2, 0) is 5.60 Å². The molecule has 0 unspecified atom stereocenters. The van der Waals surface area contributed by atoms with Crippen molar-refractivity contribution < 1.29 is 9.84 Å². The molecule has 102 valence electrons. The molecule has 0 radical (unpaired) electrons. The van der Waals surface area contributed by atoms with Gasteiger partial charge in [-0.15, -0.1) is 0 Å². The van der Waals surface area contributed by atoms with Crippen molar-refractivity contribution >= 4 is 21.6 Å². The average Bonchev–Trinajstić information content (AvgIpc) is 2.79. The maximum Gasteiger partial charge on any atom is 0.141 e. The molecule has 3 heterocycles. The van der Waals surface area contributed by atoms with E-state index in [0.717, 1.165) is 28.9 Å². The first-order valence-electron chi connectivity index (χ1n) is 6.28. The maximum absolute atomic E-state index is 10.9. The van der Waals surface area contributed by atoms with E-state index in [1.807, 2.05) is 16.7 Å². The smallest absolute Gasteiger partial charge is 0.141 e. The summed E-state index contributed by atoms with van der Waals surface area (Å²) in [4.78, 5) is 4.28. The molecule has 2 aromatic rings. The monoisotopic (exact) mass is 325 g/mol. The zero-order chi connectivity index (χ0) is 13.5. The van der Waals surface area contributed by atoms with Crippen LogP contribution in [0.3, 0.4) is 0 Å². The van der Waals surface area contributed by atoms with Gasteiger partial charge in [0.2, 0.25) is 0 Å². The lowest BCUT2D eigenvalue weighted by atomic mass is 9.85. The lowest BCUT2D eigenvalue weighted by Gasteiger charge is -2.33. The van der Waals surface area contributed by atoms with Gasteiger partial charge in [-0.2, -0.15) is 0 Å². The molecular weight excluding hydrogens is 310 g/mol. The highest BCUT2D eigenvalue weighted by molar-refractivity contribution is 9.10. The average molecular weight is 326 g/mol. The van der Waals surface area contributed by atoms with E-state index in [9.17, 15) is 5.11 Å². The Morgan fingerprint density at radius 1 is 1.47 bits per heavy atom. The van der Waals surface area contributed by atoms with Crippen molar-refractivity contribution in [1.82, 2.24) is 14.7 Å². The van der Waals surface area contributed by atoms with Crippen LogP contribution >= 0.6 is 15.9 Å². The van der Waals surface area contributed by atoms with Crippen LogP contribution in [0.5, 0.6) is 5.75 Å². The van der Waals surface area contributed by atoms with Gasteiger partial charge >= 0.3 is 0 Å². The number of methoxy groups -OCH3 is 1. The number of piperidine rings is 1. The Balaban J connectivity index is 2.17. The fraction of sp³-hybridized carbons (Fsp3) is 0.462. The van der Waals surface area contributed by atoms with Crippen LogP contribution in [0, 0.1) is 0 Å². The summed E-state index contributed by atoms with van der Waals surface area (Å²) >= 11 is 3.45. The van der Waals surface area contributed by atoms with Gasteiger partial charge in [0, 0.05) is 17.8 Å². The number of aliphatic hydroxyl groups is 1. The number of fused-ring (bicyclic) bond motifs is 1. The van der Waals surface area contributed by atoms with E-state index in [0.29, 0.717) is 18.6 Å². The summed E-state index contributed by atoms with van der Waals surface area (Å²) in [6.45, 7) is 1.62. The third-order valence-corrected chi connectivity index (χ3v) is 4.30. The minimum absolute atomic E-state index is 0.682. The SMILES string of the molecule is COc1cc2ncc(Br)n2cc1C1(O)CCNCC1. The lowest BCUT2D eigenvalue weighted by molar-refractivity contribution is 0.00354. The van der Waals surface area contributed by atoms with Crippen LogP contribution in [0.15, 0.2) is 23.1 Å². The first-order chi connectivity index (χ1) is 9.14. The van der Waals surface area contributed by atoms with Gasteiger partial charge in [-0.1, -0.05) is 0 Å². The fourth-order valence-electron chi connectivity index (χ4n) is 2.60. The van der Waals surface area contributed by atoms with E-state index in [1.165, 1.54) is 0 Å². The van der Waals surface area contributed by atoms with Crippen molar-refractivity contribution in [3.8, 4) is 5.75 Å². The Hall–Kier alpha value is -1.11. The fourth-order valence-corrected chi connectivity index (χ4v) is 2.99. The molecule has 5 nitrogen and oxygen atoms in total. The molecule has 19 heavy (non-hydrogen) atoms. The Bertz CT molecular complexity index is 605. The maximum atomic E-state index is 10.9. The van der Waals surface area contributed by atoms with Gasteiger partial charge in [-0.3, -0.25) is 4.40 Å². The lowest BCUT2D eigenvalue weighted by Crippen LogP contribution is -2.40. The molecule has 0 saturated carbocycles. The minimum atomic E-state index is -0.839. The predicted octanol–water partition coefficient (Wildman–Crippen LogP) is 1.68. The zero-order valence-corrected chi connectivity index (χ0v) is 12.3. The number of ether oxygens (including phenoxy) is 1. The Labute approximate surface area is 119 Å². The van der Waals surface area contributed by atoms with Crippen LogP contribution in [0.4, 0.5) is 0 Å². The highest BCUT2D eigenvalue weighted by atomic mass is 79.9. The Kier molecular flexibility index (Phi) is 3.24. The summed E-state index contributed by atoms with van der Waals surface area (Å²) < 4.78 is 8.21. The molecule has 1 fully saturated rings. The number of pyridine rings is 1. The van der Waals surface area contributed by atoms with E-state index in [4.69, 9.17) is 4.74 Å². The van der Waals surface area contributed by atoms with Gasteiger partial charge in [0.1, 0.15) is 16.0 Å². The number of hydrogen-bond donors (Lipinski definition) is 2. The molecule has 2 N–H and O–H groups in total. The number of imidazole rings is 1. The molecule has 0 spiro atoms. The second kappa shape index (κ2) is 4.77. The number of nitrogens with one attached hydrogen (secondary N) is 1. The van der Waals surface area contributed by atoms with E-state index in [2.05, 4.69) is 26.2 Å². The highest BCUT2D eigenvalue weighted by Gasteiger charge is 2.34. The minimum Gasteiger partial charge on any atom is -0.496 e. The highest BCUT2D eigenvalue weighted by Crippen LogP contribution is 2.37. The van der Waals surface area contributed by atoms with Crippen molar-refractivity contribution in [3.63, 3.8) is 0 Å². The normalized spacial score (nSPS) is 18.7. The van der Waals surface area contributed by atoms with E-state index < -0.39 is 5.60 Å². The van der Waals surface area contributed by atoms with Crippen LogP contribution in [0.25, 0.3) is 5.65 Å². The van der Waals surface area contributed by atoms with Gasteiger partial charge in [0.05, 0.1) is 18.9 Å². The summed E-state index contributed by atoms with van der Waals surface area (Å²) in [5.41, 5.74) is 0.779. The number of rotatable bonds is 2. The van der Waals surface area contributed by atoms with Crippen LogP contribution in [-0.4, -0.2) is 34.7 Å². The molecule has 0 aliphatic carbocycles. The Morgan fingerprint density at radius 3 is 2.89 bits per heavy atom.